The molecule has 0 aromatic carbocycles. The van der Waals surface area contributed by atoms with Crippen LogP contribution in [0.15, 0.2) is 12.7 Å². The van der Waals surface area contributed by atoms with Crippen LogP contribution in [0.1, 0.15) is 6.42 Å². The van der Waals surface area contributed by atoms with Crippen molar-refractivity contribution < 1.29 is 14.7 Å². The predicted molar refractivity (Wildman–Crippen MR) is 65.6 cm³/mol. The van der Waals surface area contributed by atoms with E-state index in [2.05, 4.69) is 17.2 Å². The molecular formula is C10H18N2O3S. The van der Waals surface area contributed by atoms with E-state index >= 15 is 0 Å². The lowest BCUT2D eigenvalue weighted by molar-refractivity contribution is -0.141. The first-order valence-electron chi connectivity index (χ1n) is 4.94. The van der Waals surface area contributed by atoms with Gasteiger partial charge in [0.2, 0.25) is 5.91 Å². The lowest BCUT2D eigenvalue weighted by Crippen LogP contribution is -2.44. The van der Waals surface area contributed by atoms with E-state index in [1.54, 1.807) is 17.8 Å². The highest BCUT2D eigenvalue weighted by atomic mass is 32.2. The number of thioether (sulfide) groups is 1. The zero-order valence-electron chi connectivity index (χ0n) is 9.36. The second kappa shape index (κ2) is 9.23. The fraction of sp³-hybridized carbons (Fsp3) is 0.600. The zero-order chi connectivity index (χ0) is 12.4. The van der Waals surface area contributed by atoms with Crippen LogP contribution in [-0.4, -0.2) is 48.1 Å². The van der Waals surface area contributed by atoms with Crippen LogP contribution in [0.2, 0.25) is 0 Å². The fourth-order valence-corrected chi connectivity index (χ4v) is 1.50. The van der Waals surface area contributed by atoms with Gasteiger partial charge in [0.05, 0.1) is 6.54 Å². The SMILES string of the molecule is C=CCNCC(=O)N[C@@H](CCSC)C(=O)O. The molecule has 5 nitrogen and oxygen atoms in total. The first-order valence-corrected chi connectivity index (χ1v) is 6.34. The van der Waals surface area contributed by atoms with E-state index in [-0.39, 0.29) is 12.5 Å². The highest BCUT2D eigenvalue weighted by Crippen LogP contribution is 2.00. The van der Waals surface area contributed by atoms with Crippen LogP contribution in [0, 0.1) is 0 Å². The van der Waals surface area contributed by atoms with E-state index < -0.39 is 12.0 Å². The van der Waals surface area contributed by atoms with Gasteiger partial charge in [-0.2, -0.15) is 11.8 Å². The monoisotopic (exact) mass is 246 g/mol. The van der Waals surface area contributed by atoms with Gasteiger partial charge in [0.25, 0.3) is 0 Å². The van der Waals surface area contributed by atoms with Crippen LogP contribution in [0.4, 0.5) is 0 Å². The lowest BCUT2D eigenvalue weighted by atomic mass is 10.2. The number of hydrogen-bond donors (Lipinski definition) is 3. The fourth-order valence-electron chi connectivity index (χ4n) is 1.03. The summed E-state index contributed by atoms with van der Waals surface area (Å²) in [5.41, 5.74) is 0. The Balaban J connectivity index is 3.92. The molecule has 1 amide bonds. The third-order valence-electron chi connectivity index (χ3n) is 1.82. The topological polar surface area (TPSA) is 78.4 Å². The Morgan fingerprint density at radius 2 is 2.25 bits per heavy atom. The molecule has 0 aliphatic rings. The quantitative estimate of drug-likeness (QED) is 0.397. The van der Waals surface area contributed by atoms with Crippen molar-refractivity contribution in [2.75, 3.05) is 25.1 Å². The average Bonchev–Trinajstić information content (AvgIpc) is 2.24. The number of carbonyl (C=O) groups excluding carboxylic acids is 1. The molecule has 0 aromatic heterocycles. The summed E-state index contributed by atoms with van der Waals surface area (Å²) in [6.07, 6.45) is 3.96. The van der Waals surface area contributed by atoms with Crippen molar-refractivity contribution >= 4 is 23.6 Å². The third-order valence-corrected chi connectivity index (χ3v) is 2.46. The van der Waals surface area contributed by atoms with Gasteiger partial charge in [-0.1, -0.05) is 6.08 Å². The van der Waals surface area contributed by atoms with Gasteiger partial charge in [-0.3, -0.25) is 4.79 Å². The van der Waals surface area contributed by atoms with Crippen molar-refractivity contribution in [2.24, 2.45) is 0 Å². The number of carboxylic acids is 1. The maximum Gasteiger partial charge on any atom is 0.326 e. The molecular weight excluding hydrogens is 228 g/mol. The van der Waals surface area contributed by atoms with Crippen molar-refractivity contribution in [3.8, 4) is 0 Å². The molecule has 1 atom stereocenters. The van der Waals surface area contributed by atoms with Gasteiger partial charge < -0.3 is 15.7 Å². The molecule has 6 heteroatoms. The Bertz CT molecular complexity index is 246. The van der Waals surface area contributed by atoms with Gasteiger partial charge in [0, 0.05) is 6.54 Å². The maximum absolute atomic E-state index is 11.3. The van der Waals surface area contributed by atoms with E-state index in [0.717, 1.165) is 0 Å². The van der Waals surface area contributed by atoms with Crippen LogP contribution in [0.3, 0.4) is 0 Å². The number of hydrogen-bond acceptors (Lipinski definition) is 4. The zero-order valence-corrected chi connectivity index (χ0v) is 10.2. The molecule has 16 heavy (non-hydrogen) atoms. The summed E-state index contributed by atoms with van der Waals surface area (Å²) in [5, 5.41) is 14.1. The highest BCUT2D eigenvalue weighted by molar-refractivity contribution is 7.98. The number of carbonyl (C=O) groups is 2. The third kappa shape index (κ3) is 7.30. The van der Waals surface area contributed by atoms with Crippen LogP contribution < -0.4 is 10.6 Å². The molecule has 92 valence electrons. The minimum atomic E-state index is -0.994. The predicted octanol–water partition coefficient (Wildman–Crippen LogP) is 0.0845. The van der Waals surface area contributed by atoms with Crippen molar-refractivity contribution in [3.05, 3.63) is 12.7 Å². The number of nitrogens with one attached hydrogen (secondary N) is 2. The molecule has 0 heterocycles. The standard InChI is InChI=1S/C10H18N2O3S/c1-3-5-11-7-9(13)12-8(10(14)15)4-6-16-2/h3,8,11H,1,4-7H2,2H3,(H,12,13)(H,14,15)/t8-/m0/s1. The van der Waals surface area contributed by atoms with Crippen LogP contribution in [-0.2, 0) is 9.59 Å². The molecule has 0 saturated heterocycles. The van der Waals surface area contributed by atoms with E-state index in [0.29, 0.717) is 18.7 Å². The van der Waals surface area contributed by atoms with Crippen LogP contribution in [0.5, 0.6) is 0 Å². The summed E-state index contributed by atoms with van der Waals surface area (Å²) in [6.45, 7) is 4.13. The Morgan fingerprint density at radius 3 is 2.75 bits per heavy atom. The lowest BCUT2D eigenvalue weighted by Gasteiger charge is -2.13. The second-order valence-electron chi connectivity index (χ2n) is 3.16. The molecule has 0 aromatic rings. The smallest absolute Gasteiger partial charge is 0.326 e. The maximum atomic E-state index is 11.3. The molecule has 0 fully saturated rings. The van der Waals surface area contributed by atoms with Crippen molar-refractivity contribution in [1.29, 1.82) is 0 Å². The number of aliphatic carboxylic acids is 1. The average molecular weight is 246 g/mol. The minimum absolute atomic E-state index is 0.106. The Hall–Kier alpha value is -1.01. The van der Waals surface area contributed by atoms with E-state index in [1.807, 2.05) is 6.26 Å². The molecule has 0 bridgehead atoms. The van der Waals surface area contributed by atoms with Crippen molar-refractivity contribution in [1.82, 2.24) is 10.6 Å². The van der Waals surface area contributed by atoms with Gasteiger partial charge in [-0.15, -0.1) is 6.58 Å². The van der Waals surface area contributed by atoms with Crippen molar-refractivity contribution in [2.45, 2.75) is 12.5 Å². The summed E-state index contributed by atoms with van der Waals surface area (Å²) in [5.74, 6) is -0.599. The number of carboxylic acid groups (broad SMARTS) is 1. The van der Waals surface area contributed by atoms with Crippen molar-refractivity contribution in [3.63, 3.8) is 0 Å². The number of rotatable bonds is 9. The number of amides is 1. The largest absolute Gasteiger partial charge is 0.480 e. The summed E-state index contributed by atoms with van der Waals surface area (Å²) >= 11 is 1.55. The highest BCUT2D eigenvalue weighted by Gasteiger charge is 2.18. The van der Waals surface area contributed by atoms with Crippen LogP contribution in [0.25, 0.3) is 0 Å². The minimum Gasteiger partial charge on any atom is -0.480 e. The van der Waals surface area contributed by atoms with E-state index in [1.165, 1.54) is 0 Å². The Morgan fingerprint density at radius 1 is 1.56 bits per heavy atom. The normalized spacial score (nSPS) is 11.8. The van der Waals surface area contributed by atoms with Gasteiger partial charge in [-0.05, 0) is 18.4 Å². The van der Waals surface area contributed by atoms with Gasteiger partial charge in [0.1, 0.15) is 6.04 Å². The van der Waals surface area contributed by atoms with E-state index in [9.17, 15) is 9.59 Å². The summed E-state index contributed by atoms with van der Waals surface area (Å²) in [6, 6.07) is -0.800. The molecule has 0 aliphatic carbocycles. The molecule has 3 N–H and O–H groups in total. The summed E-state index contributed by atoms with van der Waals surface area (Å²) in [4.78, 5) is 22.1. The molecule has 0 radical (unpaired) electrons. The summed E-state index contributed by atoms with van der Waals surface area (Å²) < 4.78 is 0. The molecule has 0 aliphatic heterocycles. The Kier molecular flexibility index (Phi) is 8.65. The van der Waals surface area contributed by atoms with Gasteiger partial charge >= 0.3 is 5.97 Å². The summed E-state index contributed by atoms with van der Waals surface area (Å²) in [7, 11) is 0. The van der Waals surface area contributed by atoms with E-state index in [4.69, 9.17) is 5.11 Å². The first kappa shape index (κ1) is 15.0. The molecule has 0 rings (SSSR count). The van der Waals surface area contributed by atoms with Gasteiger partial charge in [0.15, 0.2) is 0 Å². The molecule has 0 saturated carbocycles. The Labute approximate surface area is 99.7 Å². The second-order valence-corrected chi connectivity index (χ2v) is 4.14. The van der Waals surface area contributed by atoms with Crippen LogP contribution >= 0.6 is 11.8 Å². The van der Waals surface area contributed by atoms with Gasteiger partial charge in [-0.25, -0.2) is 4.79 Å². The first-order chi connectivity index (χ1) is 7.61. The molecule has 0 unspecified atom stereocenters. The molecule has 0 spiro atoms.